The molecule has 0 aliphatic carbocycles. The number of hydrogen-bond donors (Lipinski definition) is 0. The Morgan fingerprint density at radius 3 is 1.40 bits per heavy atom. The molecule has 0 radical (unpaired) electrons. The third-order valence-corrected chi connectivity index (χ3v) is 9.09. The Morgan fingerprint density at radius 2 is 1.00 bits per heavy atom. The van der Waals surface area contributed by atoms with E-state index < -0.39 is 0 Å². The van der Waals surface area contributed by atoms with Crippen LogP contribution >= 0.6 is 8.37 Å². The summed E-state index contributed by atoms with van der Waals surface area (Å²) >= 11 is 0. The Morgan fingerprint density at radius 1 is 0.600 bits per heavy atom. The first kappa shape index (κ1) is 12.8. The Labute approximate surface area is 124 Å². The van der Waals surface area contributed by atoms with Gasteiger partial charge in [-0.3, -0.25) is 18.9 Å². The Kier molecular flexibility index (Phi) is 3.12. The molecule has 0 amide bonds. The van der Waals surface area contributed by atoms with Crippen molar-refractivity contribution in [2.45, 2.75) is 56.7 Å². The third-order valence-electron chi connectivity index (χ3n) is 6.13. The molecule has 3 unspecified atom stereocenters. The molecule has 6 aliphatic rings. The molecule has 20 heavy (non-hydrogen) atoms. The standard InChI is InChI=1S/C15H27N4P/c1-4-13-10-16-11-14-5-2-8-18(14)20(17(13)7-1)19-9-3-6-15(19)12-16/h13-15H,1-12H2. The van der Waals surface area contributed by atoms with Crippen molar-refractivity contribution in [2.75, 3.05) is 39.3 Å². The molecule has 2 bridgehead atoms. The highest BCUT2D eigenvalue weighted by atomic mass is 31.2. The molecule has 112 valence electrons. The molecular weight excluding hydrogens is 267 g/mol. The number of nitrogens with zero attached hydrogens (tertiary/aromatic N) is 4. The average molecular weight is 294 g/mol. The van der Waals surface area contributed by atoms with Gasteiger partial charge in [0.1, 0.15) is 8.37 Å². The lowest BCUT2D eigenvalue weighted by Crippen LogP contribution is -2.57. The van der Waals surface area contributed by atoms with Crippen LogP contribution in [0.5, 0.6) is 0 Å². The lowest BCUT2D eigenvalue weighted by molar-refractivity contribution is 0.112. The summed E-state index contributed by atoms with van der Waals surface area (Å²) in [5.41, 5.74) is 0. The zero-order valence-corrected chi connectivity index (χ0v) is 13.3. The molecule has 6 aliphatic heterocycles. The van der Waals surface area contributed by atoms with Gasteiger partial charge in [0, 0.05) is 57.4 Å². The molecule has 6 rings (SSSR count). The zero-order chi connectivity index (χ0) is 13.1. The Hall–Kier alpha value is 0.270. The van der Waals surface area contributed by atoms with Gasteiger partial charge < -0.3 is 0 Å². The predicted octanol–water partition coefficient (Wildman–Crippen LogP) is 1.94. The predicted molar refractivity (Wildman–Crippen MR) is 82.5 cm³/mol. The molecule has 0 spiro atoms. The van der Waals surface area contributed by atoms with Crippen LogP contribution in [0.3, 0.4) is 0 Å². The maximum absolute atomic E-state index is 2.96. The van der Waals surface area contributed by atoms with Crippen LogP contribution in [0.2, 0.25) is 0 Å². The summed E-state index contributed by atoms with van der Waals surface area (Å²) < 4.78 is 8.87. The van der Waals surface area contributed by atoms with Crippen LogP contribution in [0.15, 0.2) is 0 Å². The van der Waals surface area contributed by atoms with Crippen LogP contribution in [0.25, 0.3) is 0 Å². The topological polar surface area (TPSA) is 13.0 Å². The van der Waals surface area contributed by atoms with Gasteiger partial charge in [-0.15, -0.1) is 0 Å². The van der Waals surface area contributed by atoms with Crippen LogP contribution in [0, 0.1) is 0 Å². The molecule has 0 N–H and O–H groups in total. The zero-order valence-electron chi connectivity index (χ0n) is 12.5. The van der Waals surface area contributed by atoms with Crippen molar-refractivity contribution in [2.24, 2.45) is 0 Å². The summed E-state index contributed by atoms with van der Waals surface area (Å²) in [6.07, 6.45) is 8.67. The molecule has 0 aromatic carbocycles. The van der Waals surface area contributed by atoms with Crippen molar-refractivity contribution < 1.29 is 0 Å². The molecule has 0 aromatic rings. The number of hydrogen-bond acceptors (Lipinski definition) is 4. The van der Waals surface area contributed by atoms with Crippen LogP contribution in [0.4, 0.5) is 0 Å². The highest BCUT2D eigenvalue weighted by Gasteiger charge is 2.50. The largest absolute Gasteiger partial charge is 0.299 e. The Bertz CT molecular complexity index is 335. The second-order valence-corrected chi connectivity index (χ2v) is 9.44. The van der Waals surface area contributed by atoms with Crippen LogP contribution < -0.4 is 0 Å². The van der Waals surface area contributed by atoms with Crippen molar-refractivity contribution in [3.8, 4) is 0 Å². The van der Waals surface area contributed by atoms with Crippen LogP contribution in [-0.4, -0.2) is 76.3 Å². The van der Waals surface area contributed by atoms with Crippen molar-refractivity contribution >= 4 is 8.37 Å². The molecule has 0 saturated carbocycles. The molecular formula is C15H27N4P. The smallest absolute Gasteiger partial charge is 0.121 e. The van der Waals surface area contributed by atoms with Gasteiger partial charge in [0.05, 0.1) is 0 Å². The fourth-order valence-electron chi connectivity index (χ4n) is 5.29. The van der Waals surface area contributed by atoms with E-state index in [1.54, 1.807) is 0 Å². The van der Waals surface area contributed by atoms with Gasteiger partial charge in [0.25, 0.3) is 0 Å². The molecule has 6 fully saturated rings. The normalized spacial score (nSPS) is 49.5. The van der Waals surface area contributed by atoms with E-state index in [9.17, 15) is 0 Å². The second-order valence-electron chi connectivity index (χ2n) is 7.36. The summed E-state index contributed by atoms with van der Waals surface area (Å²) in [6, 6.07) is 2.60. The van der Waals surface area contributed by atoms with E-state index in [-0.39, 0.29) is 8.37 Å². The maximum Gasteiger partial charge on any atom is 0.121 e. The summed E-state index contributed by atoms with van der Waals surface area (Å²) in [5.74, 6) is 0. The Balaban J connectivity index is 1.58. The second kappa shape index (κ2) is 4.89. The summed E-state index contributed by atoms with van der Waals surface area (Å²) in [4.78, 5) is 2.85. The lowest BCUT2D eigenvalue weighted by atomic mass is 10.1. The minimum absolute atomic E-state index is 0.125. The lowest BCUT2D eigenvalue weighted by Gasteiger charge is -2.53. The van der Waals surface area contributed by atoms with E-state index in [4.69, 9.17) is 0 Å². The molecule has 0 aromatic heterocycles. The average Bonchev–Trinajstić information content (AvgIpc) is 3.12. The van der Waals surface area contributed by atoms with Gasteiger partial charge in [0.15, 0.2) is 0 Å². The van der Waals surface area contributed by atoms with E-state index >= 15 is 0 Å². The van der Waals surface area contributed by atoms with Crippen molar-refractivity contribution in [1.82, 2.24) is 18.9 Å². The summed E-state index contributed by atoms with van der Waals surface area (Å²) in [5, 5.41) is 0. The monoisotopic (exact) mass is 294 g/mol. The van der Waals surface area contributed by atoms with Crippen LogP contribution in [-0.2, 0) is 0 Å². The highest BCUT2D eigenvalue weighted by molar-refractivity contribution is 7.50. The van der Waals surface area contributed by atoms with Gasteiger partial charge in [-0.2, -0.15) is 0 Å². The minimum Gasteiger partial charge on any atom is -0.299 e. The van der Waals surface area contributed by atoms with E-state index in [1.165, 1.54) is 77.8 Å². The SMILES string of the molecule is C1CC2CN3CC4CCCN4P(N2C1)N1CCCC1C3. The van der Waals surface area contributed by atoms with Gasteiger partial charge in [0.2, 0.25) is 0 Å². The van der Waals surface area contributed by atoms with Crippen molar-refractivity contribution in [3.05, 3.63) is 0 Å². The summed E-state index contributed by atoms with van der Waals surface area (Å²) in [7, 11) is -0.125. The van der Waals surface area contributed by atoms with Crippen molar-refractivity contribution in [1.29, 1.82) is 0 Å². The fourth-order valence-corrected chi connectivity index (χ4v) is 8.57. The molecule has 6 heterocycles. The quantitative estimate of drug-likeness (QED) is 0.633. The summed E-state index contributed by atoms with van der Waals surface area (Å²) in [6.45, 7) is 8.22. The molecule has 6 saturated heterocycles. The van der Waals surface area contributed by atoms with E-state index in [1.807, 2.05) is 0 Å². The van der Waals surface area contributed by atoms with Gasteiger partial charge in [-0.1, -0.05) is 0 Å². The van der Waals surface area contributed by atoms with Gasteiger partial charge in [-0.25, -0.2) is 0 Å². The minimum atomic E-state index is -0.125. The maximum atomic E-state index is 2.96. The first-order chi connectivity index (χ1) is 9.90. The molecule has 4 nitrogen and oxygen atoms in total. The third kappa shape index (κ3) is 1.85. The number of rotatable bonds is 0. The van der Waals surface area contributed by atoms with Gasteiger partial charge in [-0.05, 0) is 38.5 Å². The van der Waals surface area contributed by atoms with E-state index in [0.29, 0.717) is 0 Å². The van der Waals surface area contributed by atoms with Gasteiger partial charge >= 0.3 is 0 Å². The van der Waals surface area contributed by atoms with E-state index in [2.05, 4.69) is 18.9 Å². The first-order valence-corrected chi connectivity index (χ1v) is 9.92. The van der Waals surface area contributed by atoms with Crippen molar-refractivity contribution in [3.63, 3.8) is 0 Å². The fraction of sp³-hybridized carbons (Fsp3) is 1.00. The molecule has 5 heteroatoms. The van der Waals surface area contributed by atoms with Crippen LogP contribution in [0.1, 0.15) is 38.5 Å². The van der Waals surface area contributed by atoms with E-state index in [0.717, 1.165) is 18.1 Å². The highest BCUT2D eigenvalue weighted by Crippen LogP contribution is 2.59. The first-order valence-electron chi connectivity index (χ1n) is 8.72. The molecule has 3 atom stereocenters.